The third-order valence-corrected chi connectivity index (χ3v) is 6.60. The molecular formula is C18H23N3O2S2. The predicted molar refractivity (Wildman–Crippen MR) is 105 cm³/mol. The summed E-state index contributed by atoms with van der Waals surface area (Å²) in [6.07, 6.45) is 4.78. The summed E-state index contributed by atoms with van der Waals surface area (Å²) in [4.78, 5) is 31.7. The summed E-state index contributed by atoms with van der Waals surface area (Å²) < 4.78 is 1.69. The normalized spacial score (nSPS) is 16.6. The van der Waals surface area contributed by atoms with Gasteiger partial charge in [-0.05, 0) is 37.7 Å². The molecule has 7 heteroatoms. The Morgan fingerprint density at radius 1 is 1.56 bits per heavy atom. The van der Waals surface area contributed by atoms with Crippen LogP contribution in [0.1, 0.15) is 30.7 Å². The van der Waals surface area contributed by atoms with Crippen LogP contribution >= 0.6 is 23.1 Å². The van der Waals surface area contributed by atoms with Crippen molar-refractivity contribution in [2.75, 3.05) is 12.3 Å². The van der Waals surface area contributed by atoms with Crippen LogP contribution in [0.5, 0.6) is 0 Å². The first-order valence-corrected chi connectivity index (χ1v) is 10.4. The first kappa shape index (κ1) is 18.2. The van der Waals surface area contributed by atoms with Crippen molar-refractivity contribution in [1.82, 2.24) is 14.9 Å². The van der Waals surface area contributed by atoms with E-state index in [2.05, 4.69) is 18.8 Å². The molecule has 1 atom stereocenters. The molecule has 3 rings (SSSR count). The summed E-state index contributed by atoms with van der Waals surface area (Å²) in [5, 5.41) is 4.17. The fraction of sp³-hybridized carbons (Fsp3) is 0.500. The summed E-state index contributed by atoms with van der Waals surface area (Å²) in [7, 11) is 0. The van der Waals surface area contributed by atoms with Crippen LogP contribution < -0.4 is 10.9 Å². The number of thiophene rings is 1. The molecule has 0 unspecified atom stereocenters. The van der Waals surface area contributed by atoms with Crippen LogP contribution in [0.3, 0.4) is 0 Å². The molecule has 25 heavy (non-hydrogen) atoms. The number of carbonyl (C=O) groups excluding carboxylic acids is 1. The average Bonchev–Trinajstić information content (AvgIpc) is 2.95. The third-order valence-electron chi connectivity index (χ3n) is 4.47. The first-order chi connectivity index (χ1) is 12.0. The number of hydrogen-bond donors (Lipinski definition) is 1. The van der Waals surface area contributed by atoms with Crippen LogP contribution in [-0.4, -0.2) is 27.8 Å². The molecule has 0 aromatic carbocycles. The molecule has 0 saturated carbocycles. The number of aromatic nitrogens is 2. The van der Waals surface area contributed by atoms with Crippen molar-refractivity contribution in [3.63, 3.8) is 0 Å². The number of carbonyl (C=O) groups is 1. The van der Waals surface area contributed by atoms with Gasteiger partial charge < -0.3 is 5.32 Å². The summed E-state index contributed by atoms with van der Waals surface area (Å²) in [5.41, 5.74) is 1.24. The maximum Gasteiger partial charge on any atom is 0.263 e. The van der Waals surface area contributed by atoms with Crippen molar-refractivity contribution in [3.05, 3.63) is 33.4 Å². The van der Waals surface area contributed by atoms with E-state index in [0.29, 0.717) is 24.2 Å². The van der Waals surface area contributed by atoms with Gasteiger partial charge in [-0.1, -0.05) is 24.8 Å². The Morgan fingerprint density at radius 3 is 3.08 bits per heavy atom. The SMILES string of the molecule is C=CCNC(=O)CSc1nc2sc3c(c2c(=O)n1CC)CC[C@@H](C)C3. The molecule has 0 bridgehead atoms. The van der Waals surface area contributed by atoms with E-state index < -0.39 is 0 Å². The molecule has 0 radical (unpaired) electrons. The summed E-state index contributed by atoms with van der Waals surface area (Å²) in [6, 6.07) is 0. The van der Waals surface area contributed by atoms with Gasteiger partial charge in [0.1, 0.15) is 4.83 Å². The Hall–Kier alpha value is -1.60. The molecule has 1 amide bonds. The van der Waals surface area contributed by atoms with Gasteiger partial charge in [0.25, 0.3) is 5.56 Å². The van der Waals surface area contributed by atoms with Crippen molar-refractivity contribution >= 4 is 39.2 Å². The van der Waals surface area contributed by atoms with Crippen molar-refractivity contribution in [1.29, 1.82) is 0 Å². The number of aryl methyl sites for hydroxylation is 1. The van der Waals surface area contributed by atoms with Gasteiger partial charge in [-0.25, -0.2) is 4.98 Å². The summed E-state index contributed by atoms with van der Waals surface area (Å²) >= 11 is 2.97. The van der Waals surface area contributed by atoms with E-state index in [-0.39, 0.29) is 17.2 Å². The number of thioether (sulfide) groups is 1. The highest BCUT2D eigenvalue weighted by molar-refractivity contribution is 7.99. The van der Waals surface area contributed by atoms with Crippen LogP contribution in [0, 0.1) is 5.92 Å². The maximum absolute atomic E-state index is 13.0. The standard InChI is InChI=1S/C18H23N3O2S2/c1-4-8-19-14(22)10-24-18-20-16-15(17(23)21(18)5-2)12-7-6-11(3)9-13(12)25-16/h4,11H,1,5-10H2,2-3H3,(H,19,22)/t11-/m1/s1. The van der Waals surface area contributed by atoms with Gasteiger partial charge in [0.2, 0.25) is 5.91 Å². The molecule has 1 aliphatic carbocycles. The van der Waals surface area contributed by atoms with Gasteiger partial charge in [-0.15, -0.1) is 17.9 Å². The third kappa shape index (κ3) is 3.67. The lowest BCUT2D eigenvalue weighted by Crippen LogP contribution is -2.27. The second-order valence-corrected chi connectivity index (χ2v) is 8.38. The molecule has 134 valence electrons. The summed E-state index contributed by atoms with van der Waals surface area (Å²) in [6.45, 7) is 8.79. The van der Waals surface area contributed by atoms with Crippen molar-refractivity contribution < 1.29 is 4.79 Å². The number of amides is 1. The molecule has 1 aliphatic rings. The second kappa shape index (κ2) is 7.74. The minimum absolute atomic E-state index is 0.0357. The second-order valence-electron chi connectivity index (χ2n) is 6.36. The Labute approximate surface area is 155 Å². The lowest BCUT2D eigenvalue weighted by Gasteiger charge is -2.17. The monoisotopic (exact) mass is 377 g/mol. The van der Waals surface area contributed by atoms with Crippen LogP contribution in [-0.2, 0) is 24.2 Å². The van der Waals surface area contributed by atoms with Crippen molar-refractivity contribution in [3.8, 4) is 0 Å². The van der Waals surface area contributed by atoms with E-state index in [4.69, 9.17) is 4.98 Å². The average molecular weight is 378 g/mol. The number of rotatable bonds is 6. The van der Waals surface area contributed by atoms with E-state index >= 15 is 0 Å². The van der Waals surface area contributed by atoms with Crippen LogP contribution in [0.15, 0.2) is 22.6 Å². The van der Waals surface area contributed by atoms with Gasteiger partial charge in [0, 0.05) is 18.0 Å². The van der Waals surface area contributed by atoms with Gasteiger partial charge in [-0.2, -0.15) is 0 Å². The van der Waals surface area contributed by atoms with E-state index in [9.17, 15) is 9.59 Å². The van der Waals surface area contributed by atoms with Crippen LogP contribution in [0.4, 0.5) is 0 Å². The fourth-order valence-corrected chi connectivity index (χ4v) is 5.48. The minimum Gasteiger partial charge on any atom is -0.352 e. The summed E-state index contributed by atoms with van der Waals surface area (Å²) in [5.74, 6) is 0.825. The minimum atomic E-state index is -0.0822. The molecule has 2 aromatic rings. The topological polar surface area (TPSA) is 64.0 Å². The fourth-order valence-electron chi connectivity index (χ4n) is 3.16. The van der Waals surface area contributed by atoms with Gasteiger partial charge in [-0.3, -0.25) is 14.2 Å². The molecule has 2 heterocycles. The number of fused-ring (bicyclic) bond motifs is 3. The smallest absolute Gasteiger partial charge is 0.263 e. The highest BCUT2D eigenvalue weighted by atomic mass is 32.2. The largest absolute Gasteiger partial charge is 0.352 e. The van der Waals surface area contributed by atoms with Crippen LogP contribution in [0.2, 0.25) is 0 Å². The Balaban J connectivity index is 1.95. The predicted octanol–water partition coefficient (Wildman–Crippen LogP) is 3.00. The molecule has 0 saturated heterocycles. The lowest BCUT2D eigenvalue weighted by atomic mass is 9.89. The maximum atomic E-state index is 13.0. The highest BCUT2D eigenvalue weighted by Crippen LogP contribution is 2.36. The van der Waals surface area contributed by atoms with Gasteiger partial charge in [0.15, 0.2) is 5.16 Å². The number of hydrogen-bond acceptors (Lipinski definition) is 5. The van der Waals surface area contributed by atoms with Crippen molar-refractivity contribution in [2.45, 2.75) is 44.8 Å². The van der Waals surface area contributed by atoms with E-state index in [1.165, 1.54) is 22.2 Å². The van der Waals surface area contributed by atoms with E-state index in [0.717, 1.165) is 29.5 Å². The Kier molecular flexibility index (Phi) is 5.64. The van der Waals surface area contributed by atoms with Gasteiger partial charge >= 0.3 is 0 Å². The first-order valence-electron chi connectivity index (χ1n) is 8.60. The van der Waals surface area contributed by atoms with E-state index in [1.807, 2.05) is 6.92 Å². The van der Waals surface area contributed by atoms with Crippen LogP contribution in [0.25, 0.3) is 10.2 Å². The zero-order valence-corrected chi connectivity index (χ0v) is 16.3. The molecule has 5 nitrogen and oxygen atoms in total. The molecule has 0 aliphatic heterocycles. The zero-order chi connectivity index (χ0) is 18.0. The Morgan fingerprint density at radius 2 is 2.36 bits per heavy atom. The molecule has 1 N–H and O–H groups in total. The van der Waals surface area contributed by atoms with Gasteiger partial charge in [0.05, 0.1) is 11.1 Å². The molecular weight excluding hydrogens is 354 g/mol. The number of nitrogens with one attached hydrogen (secondary N) is 1. The zero-order valence-electron chi connectivity index (χ0n) is 14.6. The number of nitrogens with zero attached hydrogens (tertiary/aromatic N) is 2. The molecule has 0 spiro atoms. The quantitative estimate of drug-likeness (QED) is 0.477. The molecule has 0 fully saturated rings. The molecule has 2 aromatic heterocycles. The lowest BCUT2D eigenvalue weighted by molar-refractivity contribution is -0.118. The Bertz CT molecular complexity index is 869. The van der Waals surface area contributed by atoms with E-state index in [1.54, 1.807) is 22.0 Å². The highest BCUT2D eigenvalue weighted by Gasteiger charge is 2.24. The van der Waals surface area contributed by atoms with Crippen molar-refractivity contribution in [2.24, 2.45) is 5.92 Å².